The Morgan fingerprint density at radius 1 is 0.266 bits per heavy atom. The fourth-order valence-electron chi connectivity index (χ4n) is 11.5. The molecule has 8 nitrogen and oxygen atoms in total. The molecule has 8 aromatic rings. The molecule has 1 aliphatic rings. The van der Waals surface area contributed by atoms with E-state index in [0.717, 1.165) is 123 Å². The summed E-state index contributed by atoms with van der Waals surface area (Å²) in [6.07, 6.45) is 9.17. The van der Waals surface area contributed by atoms with Crippen molar-refractivity contribution in [3.8, 4) is 90.1 Å². The highest BCUT2D eigenvalue weighted by atomic mass is 15.0. The summed E-state index contributed by atoms with van der Waals surface area (Å²) >= 11 is 0. The lowest BCUT2D eigenvalue weighted by atomic mass is 10.0. The van der Waals surface area contributed by atoms with Gasteiger partial charge in [0.15, 0.2) is 0 Å². The van der Waals surface area contributed by atoms with E-state index in [0.29, 0.717) is 0 Å². The van der Waals surface area contributed by atoms with Gasteiger partial charge in [-0.1, -0.05) is 53.4 Å². The summed E-state index contributed by atoms with van der Waals surface area (Å²) in [7, 11) is 0. The second kappa shape index (κ2) is 17.3. The maximum atomic E-state index is 4.07. The van der Waals surface area contributed by atoms with Crippen LogP contribution in [0.4, 0.5) is 0 Å². The van der Waals surface area contributed by atoms with Crippen LogP contribution in [0.25, 0.3) is 90.1 Å². The Balaban J connectivity index is 1.37. The largest absolute Gasteiger partial charge is 0.354 e. The molecule has 0 saturated carbocycles. The number of nitrogens with zero attached hydrogens (tertiary/aromatic N) is 4. The van der Waals surface area contributed by atoms with E-state index in [-0.39, 0.29) is 0 Å². The summed E-state index contributed by atoms with van der Waals surface area (Å²) in [4.78, 5) is 16.3. The second-order valence-corrected chi connectivity index (χ2v) is 18.8. The molecule has 4 N–H and O–H groups in total. The molecule has 0 spiro atoms. The van der Waals surface area contributed by atoms with Crippen LogP contribution >= 0.6 is 0 Å². The van der Waals surface area contributed by atoms with Crippen molar-refractivity contribution in [2.45, 2.75) is 161 Å². The van der Waals surface area contributed by atoms with Crippen molar-refractivity contribution in [2.24, 2.45) is 0 Å². The molecule has 0 aliphatic carbocycles. The summed E-state index contributed by atoms with van der Waals surface area (Å²) in [5.41, 5.74) is 29.9. The molecule has 8 heteroatoms. The zero-order valence-electron chi connectivity index (χ0n) is 40.9. The van der Waals surface area contributed by atoms with Crippen molar-refractivity contribution in [2.75, 3.05) is 0 Å². The first-order valence-corrected chi connectivity index (χ1v) is 24.5. The number of fused-ring (bicyclic) bond motifs is 20. The fourth-order valence-corrected chi connectivity index (χ4v) is 11.5. The minimum atomic E-state index is 1.00. The van der Waals surface area contributed by atoms with Crippen LogP contribution < -0.4 is 0 Å². The average Bonchev–Trinajstić information content (AvgIpc) is 4.16. The van der Waals surface area contributed by atoms with Crippen molar-refractivity contribution >= 4 is 0 Å². The molecule has 0 saturated heterocycles. The van der Waals surface area contributed by atoms with E-state index in [4.69, 9.17) is 0 Å². The Morgan fingerprint density at radius 3 is 0.531 bits per heavy atom. The number of rotatable bonds is 12. The highest BCUT2D eigenvalue weighted by Gasteiger charge is 2.30. The van der Waals surface area contributed by atoms with E-state index in [9.17, 15) is 0 Å². The summed E-state index contributed by atoms with van der Waals surface area (Å²) in [5.74, 6) is 0. The maximum absolute atomic E-state index is 4.07. The van der Waals surface area contributed by atoms with Gasteiger partial charge in [-0.3, -0.25) is 0 Å². The van der Waals surface area contributed by atoms with E-state index < -0.39 is 0 Å². The van der Waals surface area contributed by atoms with Crippen LogP contribution in [-0.4, -0.2) is 38.2 Å². The van der Waals surface area contributed by atoms with Crippen molar-refractivity contribution < 1.29 is 0 Å². The SMILES string of the molecule is CCCCn1c(C)c2c(c1C)-c1ccc([nH]1)-c1c(c(C)n(CCCC)c1C)-c1ccc([nH]1)-c1c(c(C)n(CCCC)c1C)-c1ccc([nH]1)-c1c(c(C)n(CCCC)c1C)-c1ccc-2[nH]1. The van der Waals surface area contributed by atoms with Gasteiger partial charge in [-0.2, -0.15) is 0 Å². The minimum absolute atomic E-state index is 1.00. The fraction of sp³-hybridized carbons (Fsp3) is 0.429. The van der Waals surface area contributed by atoms with Gasteiger partial charge in [0.05, 0.1) is 0 Å². The first-order valence-electron chi connectivity index (χ1n) is 24.5. The van der Waals surface area contributed by atoms with E-state index in [1.807, 2.05) is 0 Å². The first-order chi connectivity index (χ1) is 30.9. The molecule has 0 radical (unpaired) electrons. The zero-order chi connectivity index (χ0) is 45.1. The Morgan fingerprint density at radius 2 is 0.406 bits per heavy atom. The normalized spacial score (nSPS) is 12.2. The highest BCUT2D eigenvalue weighted by molar-refractivity contribution is 5.94. The Labute approximate surface area is 381 Å². The van der Waals surface area contributed by atoms with Gasteiger partial charge in [0.2, 0.25) is 0 Å². The zero-order valence-corrected chi connectivity index (χ0v) is 40.9. The van der Waals surface area contributed by atoms with Crippen LogP contribution in [0.5, 0.6) is 0 Å². The molecular weight excluding hydrogens is 785 g/mol. The van der Waals surface area contributed by atoms with Crippen molar-refractivity contribution in [3.63, 3.8) is 0 Å². The summed E-state index contributed by atoms with van der Waals surface area (Å²) < 4.78 is 10.2. The third-order valence-electron chi connectivity index (χ3n) is 15.0. The molecule has 0 unspecified atom stereocenters. The smallest absolute Gasteiger partial charge is 0.0483 e. The number of hydrogen-bond donors (Lipinski definition) is 4. The number of H-pyrrole nitrogens is 4. The van der Waals surface area contributed by atoms with Crippen LogP contribution in [0.2, 0.25) is 0 Å². The molecule has 0 fully saturated rings. The van der Waals surface area contributed by atoms with Gasteiger partial charge in [-0.25, -0.2) is 0 Å². The van der Waals surface area contributed by atoms with Gasteiger partial charge >= 0.3 is 0 Å². The van der Waals surface area contributed by atoms with Crippen LogP contribution in [0, 0.1) is 55.4 Å². The Hall–Kier alpha value is -5.76. The third-order valence-corrected chi connectivity index (χ3v) is 15.0. The van der Waals surface area contributed by atoms with Crippen molar-refractivity contribution in [1.29, 1.82) is 0 Å². The highest BCUT2D eigenvalue weighted by Crippen LogP contribution is 2.48. The number of nitrogens with one attached hydrogen (secondary N) is 4. The van der Waals surface area contributed by atoms with E-state index in [2.05, 4.69) is 170 Å². The summed E-state index contributed by atoms with van der Waals surface area (Å²) in [5, 5.41) is 0. The van der Waals surface area contributed by atoms with Gasteiger partial charge in [-0.15, -0.1) is 0 Å². The van der Waals surface area contributed by atoms with Crippen LogP contribution in [-0.2, 0) is 26.2 Å². The topological polar surface area (TPSA) is 82.9 Å². The summed E-state index contributed by atoms with van der Waals surface area (Å²) in [6, 6.07) is 18.7. The maximum Gasteiger partial charge on any atom is 0.0483 e. The molecule has 8 aromatic heterocycles. The molecule has 64 heavy (non-hydrogen) atoms. The predicted molar refractivity (Wildman–Crippen MR) is 270 cm³/mol. The number of aromatic amines is 4. The quantitative estimate of drug-likeness (QED) is 0.0944. The summed E-state index contributed by atoms with van der Waals surface area (Å²) in [6.45, 7) is 31.7. The third kappa shape index (κ3) is 6.85. The lowest BCUT2D eigenvalue weighted by Gasteiger charge is -2.09. The number of aromatic nitrogens is 8. The van der Waals surface area contributed by atoms with Crippen molar-refractivity contribution in [3.05, 3.63) is 94.1 Å². The minimum Gasteiger partial charge on any atom is -0.354 e. The molecule has 8 bridgehead atoms. The van der Waals surface area contributed by atoms with Gasteiger partial charge in [0.25, 0.3) is 0 Å². The second-order valence-electron chi connectivity index (χ2n) is 18.8. The van der Waals surface area contributed by atoms with Crippen LogP contribution in [0.3, 0.4) is 0 Å². The molecule has 1 aliphatic heterocycles. The molecule has 0 atom stereocenters. The van der Waals surface area contributed by atoms with Gasteiger partial charge < -0.3 is 38.2 Å². The lowest BCUT2D eigenvalue weighted by molar-refractivity contribution is 0.610. The molecule has 336 valence electrons. The molecule has 0 aromatic carbocycles. The predicted octanol–water partition coefficient (Wildman–Crippen LogP) is 15.5. The van der Waals surface area contributed by atoms with E-state index in [1.165, 1.54) is 90.1 Å². The number of unbranched alkanes of at least 4 members (excludes halogenated alkanes) is 4. The molecular formula is C56H72N8. The monoisotopic (exact) mass is 857 g/mol. The Kier molecular flexibility index (Phi) is 11.8. The molecule has 0 amide bonds. The number of hydrogen-bond acceptors (Lipinski definition) is 0. The van der Waals surface area contributed by atoms with E-state index >= 15 is 0 Å². The first kappa shape index (κ1) is 43.5. The molecule has 9 rings (SSSR count). The van der Waals surface area contributed by atoms with Gasteiger partial charge in [0.1, 0.15) is 0 Å². The Bertz CT molecular complexity index is 2410. The van der Waals surface area contributed by atoms with Gasteiger partial charge in [0, 0.05) is 162 Å². The average molecular weight is 857 g/mol. The lowest BCUT2D eigenvalue weighted by Crippen LogP contribution is -2.02. The van der Waals surface area contributed by atoms with Crippen molar-refractivity contribution in [1.82, 2.24) is 38.2 Å². The molecule has 9 heterocycles. The van der Waals surface area contributed by atoms with Crippen LogP contribution in [0.15, 0.2) is 48.5 Å². The van der Waals surface area contributed by atoms with Gasteiger partial charge in [-0.05, 0) is 130 Å². The van der Waals surface area contributed by atoms with Crippen LogP contribution in [0.1, 0.15) is 125 Å². The standard InChI is InChI=1S/C56H72N8/c1-13-17-29-61-33(5)49-41-21-23-43(57-41)51-35(7)62(30-18-14-2)37(9)53(51)45-25-27-47(59-45)55-39(11)64(32-20-16-4)40(12)56(55)48-28-26-46(60-48)54-38(10)63(31-19-15-3)36(8)52(54)44-24-22-42(58-44)50(49)34(61)6/h21-28,57-60H,13-20,29-32H2,1-12H3. The van der Waals surface area contributed by atoms with E-state index in [1.54, 1.807) is 0 Å².